The highest BCUT2D eigenvalue weighted by Crippen LogP contribution is 2.10. The lowest BCUT2D eigenvalue weighted by atomic mass is 10.1. The maximum Gasteiger partial charge on any atom is 0.347 e. The zero-order valence-corrected chi connectivity index (χ0v) is 17.8. The average Bonchev–Trinajstić information content (AvgIpc) is 2.69. The molecule has 0 aromatic heterocycles. The Morgan fingerprint density at radius 3 is 2.07 bits per heavy atom. The lowest BCUT2D eigenvalue weighted by molar-refractivity contribution is -0.169. The molecule has 0 bridgehead atoms. The van der Waals surface area contributed by atoms with Gasteiger partial charge in [-0.1, -0.05) is 62.6 Å². The highest BCUT2D eigenvalue weighted by molar-refractivity contribution is 5.83. The molecule has 0 aliphatic heterocycles. The number of carbonyl (C=O) groups excluding carboxylic acids is 2. The smallest absolute Gasteiger partial charge is 0.347 e. The molecule has 6 nitrogen and oxygen atoms in total. The Kier molecular flexibility index (Phi) is 17.4. The van der Waals surface area contributed by atoms with Crippen molar-refractivity contribution in [3.63, 3.8) is 0 Å². The van der Waals surface area contributed by atoms with E-state index in [1.165, 1.54) is 0 Å². The van der Waals surface area contributed by atoms with Crippen LogP contribution in [0.4, 0.5) is 0 Å². The first-order valence-electron chi connectivity index (χ1n) is 10.4. The van der Waals surface area contributed by atoms with Crippen LogP contribution in [0.3, 0.4) is 0 Å². The third kappa shape index (κ3) is 17.5. The zero-order valence-electron chi connectivity index (χ0n) is 17.8. The molecular weight excluding hydrogens is 372 g/mol. The van der Waals surface area contributed by atoms with Crippen molar-refractivity contribution in [2.75, 3.05) is 7.11 Å². The Morgan fingerprint density at radius 1 is 0.862 bits per heavy atom. The number of hydrogen-bond donors (Lipinski definition) is 1. The van der Waals surface area contributed by atoms with Gasteiger partial charge >= 0.3 is 17.9 Å². The number of unbranched alkanes of at least 4 members (excludes halogenated alkanes) is 5. The van der Waals surface area contributed by atoms with E-state index in [1.807, 2.05) is 0 Å². The van der Waals surface area contributed by atoms with Crippen LogP contribution in [0.5, 0.6) is 0 Å². The molecule has 0 fully saturated rings. The minimum atomic E-state index is -1.38. The van der Waals surface area contributed by atoms with Crippen molar-refractivity contribution in [2.24, 2.45) is 0 Å². The van der Waals surface area contributed by atoms with E-state index in [1.54, 1.807) is 0 Å². The summed E-state index contributed by atoms with van der Waals surface area (Å²) in [5, 5.41) is 8.75. The first kappa shape index (κ1) is 26.6. The van der Waals surface area contributed by atoms with Crippen LogP contribution in [0.15, 0.2) is 36.5 Å². The normalized spacial score (nSPS) is 12.6. The largest absolute Gasteiger partial charge is 0.481 e. The molecule has 0 rings (SSSR count). The number of esters is 2. The number of carboxylic acid groups (broad SMARTS) is 1. The molecule has 0 aliphatic rings. The summed E-state index contributed by atoms with van der Waals surface area (Å²) in [5.74, 6) is -2.64. The van der Waals surface area contributed by atoms with Crippen molar-refractivity contribution in [3.8, 4) is 0 Å². The maximum atomic E-state index is 11.7. The summed E-state index contributed by atoms with van der Waals surface area (Å²) < 4.78 is 9.37. The van der Waals surface area contributed by atoms with E-state index in [9.17, 15) is 14.4 Å². The van der Waals surface area contributed by atoms with Crippen molar-refractivity contribution in [2.45, 2.75) is 83.7 Å². The molecule has 0 amide bonds. The number of ether oxygens (including phenoxy) is 2. The standard InChI is InChI=1S/C23H36O6/c1-3-4-5-6-7-8-9-10-11-12-13-14-15-16-17-18-22(26)29-20(19-21(24)25)23(27)28-2/h4-5,7-8,10-11,20H,3,6,9,12-19H2,1-2H3,(H,24,25)/b5-4-,8-7-,11-10-. The fourth-order valence-electron chi connectivity index (χ4n) is 2.57. The van der Waals surface area contributed by atoms with Gasteiger partial charge in [-0.25, -0.2) is 4.79 Å². The van der Waals surface area contributed by atoms with E-state index in [2.05, 4.69) is 48.1 Å². The molecule has 0 aromatic rings. The number of aliphatic carboxylic acids is 1. The molecule has 0 saturated carbocycles. The Balaban J connectivity index is 3.69. The van der Waals surface area contributed by atoms with Gasteiger partial charge < -0.3 is 14.6 Å². The molecule has 0 saturated heterocycles. The Labute approximate surface area is 174 Å². The van der Waals surface area contributed by atoms with Gasteiger partial charge in [0.05, 0.1) is 13.5 Å². The van der Waals surface area contributed by atoms with Crippen molar-refractivity contribution in [1.82, 2.24) is 0 Å². The van der Waals surface area contributed by atoms with Gasteiger partial charge in [0.1, 0.15) is 0 Å². The van der Waals surface area contributed by atoms with Gasteiger partial charge in [-0.2, -0.15) is 0 Å². The van der Waals surface area contributed by atoms with Crippen molar-refractivity contribution in [1.29, 1.82) is 0 Å². The highest BCUT2D eigenvalue weighted by Gasteiger charge is 2.26. The van der Waals surface area contributed by atoms with Crippen LogP contribution in [0.1, 0.15) is 77.6 Å². The minimum absolute atomic E-state index is 0.173. The van der Waals surface area contributed by atoms with Crippen molar-refractivity contribution in [3.05, 3.63) is 36.5 Å². The summed E-state index contributed by atoms with van der Waals surface area (Å²) in [7, 11) is 1.13. The quantitative estimate of drug-likeness (QED) is 0.204. The molecule has 164 valence electrons. The lowest BCUT2D eigenvalue weighted by Crippen LogP contribution is -2.30. The summed E-state index contributed by atoms with van der Waals surface area (Å²) in [4.78, 5) is 33.9. The van der Waals surface area contributed by atoms with Crippen LogP contribution >= 0.6 is 0 Å². The second-order valence-corrected chi connectivity index (χ2v) is 6.70. The topological polar surface area (TPSA) is 89.9 Å². The number of hydrogen-bond acceptors (Lipinski definition) is 5. The van der Waals surface area contributed by atoms with Crippen LogP contribution in [0, 0.1) is 0 Å². The fourth-order valence-corrected chi connectivity index (χ4v) is 2.57. The first-order chi connectivity index (χ1) is 14.0. The predicted octanol–water partition coefficient (Wildman–Crippen LogP) is 5.14. The molecule has 29 heavy (non-hydrogen) atoms. The van der Waals surface area contributed by atoms with Gasteiger partial charge in [-0.15, -0.1) is 0 Å². The second kappa shape index (κ2) is 19.0. The highest BCUT2D eigenvalue weighted by atomic mass is 16.6. The Bertz CT molecular complexity index is 548. The third-order valence-corrected chi connectivity index (χ3v) is 4.13. The summed E-state index contributed by atoms with van der Waals surface area (Å²) >= 11 is 0. The van der Waals surface area contributed by atoms with Crippen molar-refractivity contribution < 1.29 is 29.0 Å². The van der Waals surface area contributed by atoms with Crippen LogP contribution in [0.2, 0.25) is 0 Å². The third-order valence-electron chi connectivity index (χ3n) is 4.13. The van der Waals surface area contributed by atoms with E-state index in [0.29, 0.717) is 6.42 Å². The minimum Gasteiger partial charge on any atom is -0.481 e. The monoisotopic (exact) mass is 408 g/mol. The molecule has 6 heteroatoms. The van der Waals surface area contributed by atoms with E-state index < -0.39 is 30.4 Å². The Morgan fingerprint density at radius 2 is 1.45 bits per heavy atom. The van der Waals surface area contributed by atoms with Gasteiger partial charge in [0.2, 0.25) is 6.10 Å². The fraction of sp³-hybridized carbons (Fsp3) is 0.609. The van der Waals surface area contributed by atoms with E-state index in [0.717, 1.165) is 58.5 Å². The van der Waals surface area contributed by atoms with Gasteiger partial charge in [0.15, 0.2) is 0 Å². The molecule has 1 atom stereocenters. The van der Waals surface area contributed by atoms with Crippen LogP contribution in [-0.4, -0.2) is 36.2 Å². The molecule has 0 aliphatic carbocycles. The molecule has 0 aromatic carbocycles. The van der Waals surface area contributed by atoms with Gasteiger partial charge in [0.25, 0.3) is 0 Å². The number of carboxylic acids is 1. The Hall–Kier alpha value is -2.37. The van der Waals surface area contributed by atoms with Crippen LogP contribution in [-0.2, 0) is 23.9 Å². The number of allylic oxidation sites excluding steroid dienone is 6. The SMILES string of the molecule is CC/C=C\C/C=C\C/C=C\CCCCCCCC(=O)OC(CC(=O)O)C(=O)OC. The summed E-state index contributed by atoms with van der Waals surface area (Å²) in [6, 6.07) is 0. The molecule has 0 radical (unpaired) electrons. The lowest BCUT2D eigenvalue weighted by Gasteiger charge is -2.13. The van der Waals surface area contributed by atoms with E-state index in [-0.39, 0.29) is 6.42 Å². The summed E-state index contributed by atoms with van der Waals surface area (Å²) in [6.07, 6.45) is 20.2. The van der Waals surface area contributed by atoms with Gasteiger partial charge in [0, 0.05) is 6.42 Å². The van der Waals surface area contributed by atoms with Crippen LogP contribution in [0.25, 0.3) is 0 Å². The summed E-state index contributed by atoms with van der Waals surface area (Å²) in [5.41, 5.74) is 0. The van der Waals surface area contributed by atoms with E-state index in [4.69, 9.17) is 9.84 Å². The van der Waals surface area contributed by atoms with E-state index >= 15 is 0 Å². The first-order valence-corrected chi connectivity index (χ1v) is 10.4. The number of rotatable bonds is 17. The van der Waals surface area contributed by atoms with Gasteiger partial charge in [-0.05, 0) is 38.5 Å². The molecule has 1 unspecified atom stereocenters. The van der Waals surface area contributed by atoms with Gasteiger partial charge in [-0.3, -0.25) is 9.59 Å². The number of methoxy groups -OCH3 is 1. The van der Waals surface area contributed by atoms with Crippen molar-refractivity contribution >= 4 is 17.9 Å². The second-order valence-electron chi connectivity index (χ2n) is 6.70. The zero-order chi connectivity index (χ0) is 21.7. The maximum absolute atomic E-state index is 11.7. The predicted molar refractivity (Wildman–Crippen MR) is 113 cm³/mol. The summed E-state index contributed by atoms with van der Waals surface area (Å²) in [6.45, 7) is 2.13. The molecule has 0 spiro atoms. The molecule has 1 N–H and O–H groups in total. The molecule has 0 heterocycles. The molecular formula is C23H36O6. The number of carbonyl (C=O) groups is 3. The van der Waals surface area contributed by atoms with Crippen LogP contribution < -0.4 is 0 Å². The average molecular weight is 409 g/mol.